The lowest BCUT2D eigenvalue weighted by Crippen LogP contribution is -2.27. The first-order valence-electron chi connectivity index (χ1n) is 5.89. The van der Waals surface area contributed by atoms with Crippen molar-refractivity contribution in [2.75, 3.05) is 13.2 Å². The minimum absolute atomic E-state index is 0.265. The molecule has 0 aliphatic heterocycles. The van der Waals surface area contributed by atoms with E-state index in [-0.39, 0.29) is 12.2 Å². The molecular weight excluding hydrogens is 271 g/mol. The zero-order valence-electron chi connectivity index (χ0n) is 10.8. The monoisotopic (exact) mass is 285 g/mol. The number of alkyl halides is 3. The van der Waals surface area contributed by atoms with Crippen LogP contribution in [0.4, 0.5) is 13.2 Å². The largest absolute Gasteiger partial charge is 0.390 e. The van der Waals surface area contributed by atoms with Crippen molar-refractivity contribution in [2.24, 2.45) is 0 Å². The fraction of sp³-hybridized carbons (Fsp3) is 0.357. The van der Waals surface area contributed by atoms with Crippen LogP contribution in [0, 0.1) is 18.8 Å². The van der Waals surface area contributed by atoms with Gasteiger partial charge in [0.15, 0.2) is 0 Å². The van der Waals surface area contributed by atoms with Gasteiger partial charge < -0.3 is 10.4 Å². The molecule has 0 atom stereocenters. The second kappa shape index (κ2) is 6.96. The van der Waals surface area contributed by atoms with Crippen molar-refractivity contribution in [1.29, 1.82) is 0 Å². The molecule has 0 aliphatic carbocycles. The molecule has 0 fully saturated rings. The molecule has 6 heteroatoms. The van der Waals surface area contributed by atoms with E-state index in [2.05, 4.69) is 17.2 Å². The molecule has 0 saturated heterocycles. The van der Waals surface area contributed by atoms with Gasteiger partial charge in [0, 0.05) is 17.7 Å². The first kappa shape index (κ1) is 16.1. The number of rotatable bonds is 3. The van der Waals surface area contributed by atoms with Crippen molar-refractivity contribution >= 4 is 5.91 Å². The number of halogens is 3. The lowest BCUT2D eigenvalue weighted by atomic mass is 10.0. The van der Waals surface area contributed by atoms with Crippen molar-refractivity contribution in [3.05, 3.63) is 34.9 Å². The zero-order valence-corrected chi connectivity index (χ0v) is 10.8. The van der Waals surface area contributed by atoms with Crippen LogP contribution in [-0.4, -0.2) is 30.3 Å². The van der Waals surface area contributed by atoms with Gasteiger partial charge in [0.05, 0.1) is 6.42 Å². The Balaban J connectivity index is 2.68. The van der Waals surface area contributed by atoms with Crippen LogP contribution < -0.4 is 5.32 Å². The van der Waals surface area contributed by atoms with Crippen LogP contribution in [0.15, 0.2) is 18.2 Å². The van der Waals surface area contributed by atoms with Gasteiger partial charge in [-0.2, -0.15) is 13.2 Å². The molecule has 0 spiro atoms. The summed E-state index contributed by atoms with van der Waals surface area (Å²) in [6.07, 6.45) is -5.34. The Bertz CT molecular complexity index is 542. The lowest BCUT2D eigenvalue weighted by Gasteiger charge is -2.08. The lowest BCUT2D eigenvalue weighted by molar-refractivity contribution is -0.132. The van der Waals surface area contributed by atoms with E-state index >= 15 is 0 Å². The Morgan fingerprint density at radius 3 is 2.65 bits per heavy atom. The van der Waals surface area contributed by atoms with Crippen LogP contribution in [0.3, 0.4) is 0 Å². The standard InChI is InChI=1S/C14H14F3NO2/c1-10-9-12(5-4-11(10)3-2-8-19)13(20)18-7-6-14(15,16)17/h4-5,9,19H,6-8H2,1H3,(H,18,20). The Kier molecular flexibility index (Phi) is 5.59. The van der Waals surface area contributed by atoms with Crippen molar-refractivity contribution in [1.82, 2.24) is 5.32 Å². The molecule has 0 bridgehead atoms. The zero-order chi connectivity index (χ0) is 15.2. The smallest absolute Gasteiger partial charge is 0.384 e. The fourth-order valence-corrected chi connectivity index (χ4v) is 1.50. The third-order valence-electron chi connectivity index (χ3n) is 2.48. The van der Waals surface area contributed by atoms with E-state index in [1.54, 1.807) is 19.1 Å². The minimum atomic E-state index is -4.28. The highest BCUT2D eigenvalue weighted by atomic mass is 19.4. The summed E-state index contributed by atoms with van der Waals surface area (Å²) in [7, 11) is 0. The average Bonchev–Trinajstić information content (AvgIpc) is 2.35. The van der Waals surface area contributed by atoms with E-state index in [1.807, 2.05) is 0 Å². The molecule has 1 amide bonds. The Hall–Kier alpha value is -2.00. The second-order valence-corrected chi connectivity index (χ2v) is 4.11. The van der Waals surface area contributed by atoms with E-state index < -0.39 is 25.0 Å². The van der Waals surface area contributed by atoms with Crippen LogP contribution in [0.2, 0.25) is 0 Å². The predicted molar refractivity (Wildman–Crippen MR) is 68.1 cm³/mol. The van der Waals surface area contributed by atoms with Crippen molar-refractivity contribution in [2.45, 2.75) is 19.5 Å². The third kappa shape index (κ3) is 5.33. The molecule has 0 unspecified atom stereocenters. The van der Waals surface area contributed by atoms with Gasteiger partial charge >= 0.3 is 6.18 Å². The van der Waals surface area contributed by atoms with Gasteiger partial charge in [0.2, 0.25) is 0 Å². The Morgan fingerprint density at radius 2 is 2.10 bits per heavy atom. The van der Waals surface area contributed by atoms with Crippen LogP contribution >= 0.6 is 0 Å². The summed E-state index contributed by atoms with van der Waals surface area (Å²) in [5, 5.41) is 10.8. The molecule has 1 rings (SSSR count). The van der Waals surface area contributed by atoms with Gasteiger partial charge in [0.1, 0.15) is 6.61 Å². The first-order chi connectivity index (χ1) is 9.33. The Labute approximate surface area is 114 Å². The van der Waals surface area contributed by atoms with Crippen molar-refractivity contribution < 1.29 is 23.1 Å². The summed E-state index contributed by atoms with van der Waals surface area (Å²) in [6, 6.07) is 4.62. The number of aliphatic hydroxyl groups is 1. The molecule has 1 aromatic rings. The number of nitrogens with one attached hydrogen (secondary N) is 1. The highest BCUT2D eigenvalue weighted by molar-refractivity contribution is 5.94. The summed E-state index contributed by atoms with van der Waals surface area (Å²) in [5.41, 5.74) is 1.65. The molecular formula is C14H14F3NO2. The quantitative estimate of drug-likeness (QED) is 0.835. The summed E-state index contributed by atoms with van der Waals surface area (Å²) in [5.74, 6) is 4.64. The predicted octanol–water partition coefficient (Wildman–Crippen LogP) is 2.02. The number of hydrogen-bond acceptors (Lipinski definition) is 2. The van der Waals surface area contributed by atoms with Gasteiger partial charge in [-0.25, -0.2) is 0 Å². The topological polar surface area (TPSA) is 49.3 Å². The summed E-state index contributed by atoms with van der Waals surface area (Å²) in [4.78, 5) is 11.7. The van der Waals surface area contributed by atoms with E-state index in [1.165, 1.54) is 6.07 Å². The van der Waals surface area contributed by atoms with Crippen molar-refractivity contribution in [3.8, 4) is 11.8 Å². The first-order valence-corrected chi connectivity index (χ1v) is 5.89. The molecule has 1 aromatic carbocycles. The van der Waals surface area contributed by atoms with Gasteiger partial charge in [0.25, 0.3) is 5.91 Å². The maximum absolute atomic E-state index is 12.0. The summed E-state index contributed by atoms with van der Waals surface area (Å²) >= 11 is 0. The highest BCUT2D eigenvalue weighted by Crippen LogP contribution is 2.18. The average molecular weight is 285 g/mol. The number of aryl methyl sites for hydroxylation is 1. The number of aliphatic hydroxyl groups excluding tert-OH is 1. The fourth-order valence-electron chi connectivity index (χ4n) is 1.50. The van der Waals surface area contributed by atoms with E-state index in [4.69, 9.17) is 5.11 Å². The van der Waals surface area contributed by atoms with Crippen LogP contribution in [0.1, 0.15) is 27.9 Å². The van der Waals surface area contributed by atoms with E-state index in [0.717, 1.165) is 5.56 Å². The van der Waals surface area contributed by atoms with Crippen LogP contribution in [-0.2, 0) is 0 Å². The number of benzene rings is 1. The SMILES string of the molecule is Cc1cc(C(=O)NCCC(F)(F)F)ccc1C#CCO. The van der Waals surface area contributed by atoms with Crippen LogP contribution in [0.25, 0.3) is 0 Å². The van der Waals surface area contributed by atoms with Gasteiger partial charge in [-0.1, -0.05) is 11.8 Å². The summed E-state index contributed by atoms with van der Waals surface area (Å²) in [6.45, 7) is 1.01. The molecule has 2 N–H and O–H groups in total. The highest BCUT2D eigenvalue weighted by Gasteiger charge is 2.26. The molecule has 108 valence electrons. The molecule has 0 heterocycles. The third-order valence-corrected chi connectivity index (χ3v) is 2.48. The number of amides is 1. The van der Waals surface area contributed by atoms with Gasteiger partial charge in [-0.05, 0) is 30.7 Å². The van der Waals surface area contributed by atoms with Gasteiger partial charge in [-0.3, -0.25) is 4.79 Å². The second-order valence-electron chi connectivity index (χ2n) is 4.11. The molecule has 0 radical (unpaired) electrons. The molecule has 20 heavy (non-hydrogen) atoms. The number of carbonyl (C=O) groups is 1. The molecule has 3 nitrogen and oxygen atoms in total. The number of carbonyl (C=O) groups excluding carboxylic acids is 1. The maximum Gasteiger partial charge on any atom is 0.390 e. The van der Waals surface area contributed by atoms with E-state index in [9.17, 15) is 18.0 Å². The normalized spacial score (nSPS) is 10.7. The van der Waals surface area contributed by atoms with E-state index in [0.29, 0.717) is 5.56 Å². The summed E-state index contributed by atoms with van der Waals surface area (Å²) < 4.78 is 35.9. The van der Waals surface area contributed by atoms with Crippen molar-refractivity contribution in [3.63, 3.8) is 0 Å². The minimum Gasteiger partial charge on any atom is -0.384 e. The molecule has 0 aliphatic rings. The van der Waals surface area contributed by atoms with Crippen LogP contribution in [0.5, 0.6) is 0 Å². The molecule has 0 aromatic heterocycles. The van der Waals surface area contributed by atoms with Gasteiger partial charge in [-0.15, -0.1) is 0 Å². The maximum atomic E-state index is 12.0. The number of hydrogen-bond donors (Lipinski definition) is 2. The Morgan fingerprint density at radius 1 is 1.40 bits per heavy atom. The molecule has 0 saturated carbocycles.